The van der Waals surface area contributed by atoms with E-state index in [2.05, 4.69) is 34.8 Å². The minimum absolute atomic E-state index is 0.00996. The number of aryl methyl sites for hydroxylation is 2. The lowest BCUT2D eigenvalue weighted by atomic mass is 10.1. The summed E-state index contributed by atoms with van der Waals surface area (Å²) in [5.41, 5.74) is 4.47. The van der Waals surface area contributed by atoms with Crippen molar-refractivity contribution in [2.45, 2.75) is 45.7 Å². The first kappa shape index (κ1) is 23.3. The number of rotatable bonds is 7. The highest BCUT2D eigenvalue weighted by Gasteiger charge is 2.20. The van der Waals surface area contributed by atoms with Gasteiger partial charge in [0.15, 0.2) is 5.78 Å². The van der Waals surface area contributed by atoms with Crippen molar-refractivity contribution in [3.05, 3.63) is 76.2 Å². The molecule has 3 aromatic rings. The summed E-state index contributed by atoms with van der Waals surface area (Å²) in [4.78, 5) is 30.0. The van der Waals surface area contributed by atoms with Crippen molar-refractivity contribution in [2.24, 2.45) is 0 Å². The van der Waals surface area contributed by atoms with Crippen molar-refractivity contribution < 1.29 is 9.59 Å². The van der Waals surface area contributed by atoms with E-state index in [1.54, 1.807) is 19.1 Å². The number of nitriles is 1. The first-order valence-corrected chi connectivity index (χ1v) is 11.3. The van der Waals surface area contributed by atoms with E-state index in [-0.39, 0.29) is 29.0 Å². The summed E-state index contributed by atoms with van der Waals surface area (Å²) in [7, 11) is 0. The average Bonchev–Trinajstić information content (AvgIpc) is 3.06. The number of carbonyl (C=O) groups is 2. The zero-order chi connectivity index (χ0) is 23.4. The van der Waals surface area contributed by atoms with Crippen LogP contribution < -0.4 is 5.32 Å². The molecule has 0 spiro atoms. The average molecular weight is 447 g/mol. The molecule has 0 fully saturated rings. The van der Waals surface area contributed by atoms with E-state index in [1.807, 2.05) is 38.1 Å². The van der Waals surface area contributed by atoms with E-state index in [0.29, 0.717) is 27.5 Å². The summed E-state index contributed by atoms with van der Waals surface area (Å²) in [5.74, 6) is -0.172. The number of nitrogens with one attached hydrogen (secondary N) is 1. The number of pyridine rings is 1. The highest BCUT2D eigenvalue weighted by Crippen LogP contribution is 2.26. The normalized spacial score (nSPS) is 10.8. The van der Waals surface area contributed by atoms with E-state index in [0.717, 1.165) is 11.4 Å². The van der Waals surface area contributed by atoms with Crippen LogP contribution in [-0.4, -0.2) is 27.0 Å². The van der Waals surface area contributed by atoms with Gasteiger partial charge in [-0.25, -0.2) is 4.98 Å². The fourth-order valence-electron chi connectivity index (χ4n) is 3.79. The number of hydrogen-bond donors (Lipinski definition) is 1. The van der Waals surface area contributed by atoms with Crippen LogP contribution in [0, 0.1) is 32.1 Å². The number of nitrogens with zero attached hydrogens (tertiary/aromatic N) is 3. The molecule has 2 aromatic heterocycles. The Kier molecular flexibility index (Phi) is 7.16. The molecule has 0 bridgehead atoms. The van der Waals surface area contributed by atoms with Crippen LogP contribution in [0.2, 0.25) is 0 Å². The SMILES string of the molecule is Cc1nc(SCC(=O)c2cc(C)n(C(C)C)c2C)c(C#N)cc1C(=O)Nc1ccccc1. The molecule has 164 valence electrons. The van der Waals surface area contributed by atoms with E-state index in [4.69, 9.17) is 0 Å². The number of para-hydroxylation sites is 1. The third-order valence-electron chi connectivity index (χ3n) is 5.22. The minimum atomic E-state index is -0.327. The third-order valence-corrected chi connectivity index (χ3v) is 6.21. The number of thioether (sulfide) groups is 1. The van der Waals surface area contributed by atoms with E-state index in [9.17, 15) is 14.9 Å². The van der Waals surface area contributed by atoms with Crippen LogP contribution in [0.1, 0.15) is 63.3 Å². The Morgan fingerprint density at radius 2 is 1.81 bits per heavy atom. The van der Waals surface area contributed by atoms with Gasteiger partial charge in [0.25, 0.3) is 5.91 Å². The molecule has 1 amide bonds. The lowest BCUT2D eigenvalue weighted by molar-refractivity contribution is 0.101. The highest BCUT2D eigenvalue weighted by atomic mass is 32.2. The molecule has 3 rings (SSSR count). The Balaban J connectivity index is 1.79. The smallest absolute Gasteiger partial charge is 0.257 e. The van der Waals surface area contributed by atoms with Crippen molar-refractivity contribution in [2.75, 3.05) is 11.1 Å². The van der Waals surface area contributed by atoms with Crippen molar-refractivity contribution in [3.63, 3.8) is 0 Å². The lowest BCUT2D eigenvalue weighted by Gasteiger charge is -2.13. The van der Waals surface area contributed by atoms with Crippen LogP contribution in [0.15, 0.2) is 47.5 Å². The van der Waals surface area contributed by atoms with Gasteiger partial charge in [0.2, 0.25) is 0 Å². The van der Waals surface area contributed by atoms with Crippen LogP contribution in [0.3, 0.4) is 0 Å². The first-order valence-electron chi connectivity index (χ1n) is 10.4. The molecular weight excluding hydrogens is 420 g/mol. The van der Waals surface area contributed by atoms with Gasteiger partial charge in [0, 0.05) is 28.7 Å². The number of Topliss-reactive ketones (excluding diaryl/α,β-unsaturated/α-hetero) is 1. The molecule has 0 atom stereocenters. The number of benzene rings is 1. The molecule has 1 aromatic carbocycles. The van der Waals surface area contributed by atoms with Crippen LogP contribution in [0.4, 0.5) is 5.69 Å². The predicted octanol–water partition coefficient (Wildman–Crippen LogP) is 5.49. The Bertz CT molecular complexity index is 1210. The molecule has 2 heterocycles. The second-order valence-corrected chi connectivity index (χ2v) is 8.83. The quantitative estimate of drug-likeness (QED) is 0.383. The maximum Gasteiger partial charge on any atom is 0.257 e. The van der Waals surface area contributed by atoms with E-state index < -0.39 is 0 Å². The van der Waals surface area contributed by atoms with Crippen molar-refractivity contribution in [1.82, 2.24) is 9.55 Å². The molecule has 0 aliphatic heterocycles. The number of carbonyl (C=O) groups excluding carboxylic acids is 2. The van der Waals surface area contributed by atoms with Gasteiger partial charge in [-0.3, -0.25) is 9.59 Å². The van der Waals surface area contributed by atoms with E-state index in [1.165, 1.54) is 17.8 Å². The molecule has 7 heteroatoms. The summed E-state index contributed by atoms with van der Waals surface area (Å²) < 4.78 is 2.14. The van der Waals surface area contributed by atoms with Crippen molar-refractivity contribution >= 4 is 29.1 Å². The van der Waals surface area contributed by atoms with Gasteiger partial charge in [-0.1, -0.05) is 30.0 Å². The summed E-state index contributed by atoms with van der Waals surface area (Å²) in [6.45, 7) is 9.85. The molecule has 0 saturated carbocycles. The molecular formula is C25H26N4O2S. The number of ketones is 1. The molecule has 0 unspecified atom stereocenters. The van der Waals surface area contributed by atoms with Crippen LogP contribution in [0.5, 0.6) is 0 Å². The Hall–Kier alpha value is -3.37. The third kappa shape index (κ3) is 4.92. The topological polar surface area (TPSA) is 87.8 Å². The van der Waals surface area contributed by atoms with Gasteiger partial charge < -0.3 is 9.88 Å². The second kappa shape index (κ2) is 9.84. The maximum absolute atomic E-state index is 12.9. The second-order valence-electron chi connectivity index (χ2n) is 7.87. The van der Waals surface area contributed by atoms with Gasteiger partial charge in [0.05, 0.1) is 22.6 Å². The summed E-state index contributed by atoms with van der Waals surface area (Å²) >= 11 is 1.22. The summed E-state index contributed by atoms with van der Waals surface area (Å²) in [6, 6.07) is 14.9. The molecule has 32 heavy (non-hydrogen) atoms. The molecule has 6 nitrogen and oxygen atoms in total. The number of hydrogen-bond acceptors (Lipinski definition) is 5. The summed E-state index contributed by atoms with van der Waals surface area (Å²) in [6.07, 6.45) is 0. The number of anilines is 1. The van der Waals surface area contributed by atoms with Gasteiger partial charge in [-0.05, 0) is 58.9 Å². The van der Waals surface area contributed by atoms with Crippen molar-refractivity contribution in [1.29, 1.82) is 5.26 Å². The van der Waals surface area contributed by atoms with Crippen LogP contribution >= 0.6 is 11.8 Å². The Morgan fingerprint density at radius 3 is 2.41 bits per heavy atom. The molecule has 1 N–H and O–H groups in total. The molecule has 0 radical (unpaired) electrons. The lowest BCUT2D eigenvalue weighted by Crippen LogP contribution is -2.15. The number of aromatic nitrogens is 2. The van der Waals surface area contributed by atoms with Gasteiger partial charge in [0.1, 0.15) is 11.1 Å². The zero-order valence-corrected chi connectivity index (χ0v) is 19.7. The summed E-state index contributed by atoms with van der Waals surface area (Å²) in [5, 5.41) is 12.9. The monoisotopic (exact) mass is 446 g/mol. The minimum Gasteiger partial charge on any atom is -0.346 e. The van der Waals surface area contributed by atoms with Gasteiger partial charge in [-0.2, -0.15) is 5.26 Å². The standard InChI is InChI=1S/C25H26N4O2S/c1-15(2)29-16(3)11-22(18(29)5)23(30)14-32-25-19(13-26)12-21(17(4)27-25)24(31)28-20-9-7-6-8-10-20/h6-12,15H,14H2,1-5H3,(H,28,31). The molecule has 0 aliphatic rings. The van der Waals surface area contributed by atoms with Crippen LogP contribution in [0.25, 0.3) is 0 Å². The van der Waals surface area contributed by atoms with Crippen LogP contribution in [-0.2, 0) is 0 Å². The number of amides is 1. The predicted molar refractivity (Wildman–Crippen MR) is 127 cm³/mol. The van der Waals surface area contributed by atoms with Gasteiger partial charge in [-0.15, -0.1) is 0 Å². The fourth-order valence-corrected chi connectivity index (χ4v) is 4.67. The van der Waals surface area contributed by atoms with Crippen molar-refractivity contribution in [3.8, 4) is 6.07 Å². The Labute approximate surface area is 192 Å². The Morgan fingerprint density at radius 1 is 1.12 bits per heavy atom. The highest BCUT2D eigenvalue weighted by molar-refractivity contribution is 8.00. The first-order chi connectivity index (χ1) is 15.2. The zero-order valence-electron chi connectivity index (χ0n) is 18.9. The fraction of sp³-hybridized carbons (Fsp3) is 0.280. The maximum atomic E-state index is 12.9. The molecule has 0 aliphatic carbocycles. The van der Waals surface area contributed by atoms with Gasteiger partial charge >= 0.3 is 0 Å². The molecule has 0 saturated heterocycles. The van der Waals surface area contributed by atoms with E-state index >= 15 is 0 Å². The largest absolute Gasteiger partial charge is 0.346 e.